The number of hydrogen-bond donors (Lipinski definition) is 3. The first-order valence-electron chi connectivity index (χ1n) is 4.94. The van der Waals surface area contributed by atoms with Crippen LogP contribution in [0, 0.1) is 0 Å². The zero-order valence-corrected chi connectivity index (χ0v) is 9.37. The number of aliphatic hydroxyl groups excluding tert-OH is 2. The van der Waals surface area contributed by atoms with Crippen LogP contribution in [0.3, 0.4) is 0 Å². The molecule has 0 aromatic carbocycles. The number of aromatic amines is 1. The number of rotatable bonds is 2. The van der Waals surface area contributed by atoms with E-state index in [-0.39, 0.29) is 6.61 Å². The van der Waals surface area contributed by atoms with E-state index < -0.39 is 35.1 Å². The molecule has 0 amide bonds. The molecular formula is C9H11ClN2O5. The third-order valence-electron chi connectivity index (χ3n) is 2.59. The maximum absolute atomic E-state index is 11.5. The van der Waals surface area contributed by atoms with Gasteiger partial charge in [0.2, 0.25) is 0 Å². The van der Waals surface area contributed by atoms with E-state index >= 15 is 0 Å². The molecule has 1 aliphatic heterocycles. The van der Waals surface area contributed by atoms with Gasteiger partial charge in [0.25, 0.3) is 5.56 Å². The number of halogens is 1. The van der Waals surface area contributed by atoms with Crippen LogP contribution in [0.15, 0.2) is 21.9 Å². The number of H-pyrrole nitrogens is 1. The van der Waals surface area contributed by atoms with E-state index in [4.69, 9.17) is 21.4 Å². The molecule has 7 nitrogen and oxygen atoms in total. The number of nitrogens with one attached hydrogen (secondary N) is 1. The number of nitrogens with zero attached hydrogens (tertiary/aromatic N) is 1. The number of ether oxygens (including phenoxy) is 1. The predicted molar refractivity (Wildman–Crippen MR) is 58.0 cm³/mol. The Morgan fingerprint density at radius 3 is 2.76 bits per heavy atom. The molecule has 94 valence electrons. The van der Waals surface area contributed by atoms with Crippen LogP contribution in [0.4, 0.5) is 0 Å². The van der Waals surface area contributed by atoms with Gasteiger partial charge < -0.3 is 14.9 Å². The first kappa shape index (κ1) is 12.3. The second kappa shape index (κ2) is 4.61. The van der Waals surface area contributed by atoms with Crippen LogP contribution in [-0.4, -0.2) is 44.0 Å². The predicted octanol–water partition coefficient (Wildman–Crippen LogP) is -1.61. The van der Waals surface area contributed by atoms with E-state index in [9.17, 15) is 14.7 Å². The average molecular weight is 263 g/mol. The van der Waals surface area contributed by atoms with Crippen LogP contribution in [0.5, 0.6) is 0 Å². The monoisotopic (exact) mass is 262 g/mol. The van der Waals surface area contributed by atoms with Crippen molar-refractivity contribution < 1.29 is 14.9 Å². The normalized spacial score (nSPS) is 32.9. The highest BCUT2D eigenvalue weighted by Crippen LogP contribution is 2.31. The first-order valence-corrected chi connectivity index (χ1v) is 5.38. The molecule has 8 heteroatoms. The van der Waals surface area contributed by atoms with Gasteiger partial charge in [-0.25, -0.2) is 4.79 Å². The van der Waals surface area contributed by atoms with Gasteiger partial charge in [0, 0.05) is 12.3 Å². The maximum atomic E-state index is 11.5. The van der Waals surface area contributed by atoms with Gasteiger partial charge in [-0.2, -0.15) is 0 Å². The second-order valence-electron chi connectivity index (χ2n) is 3.70. The summed E-state index contributed by atoms with van der Waals surface area (Å²) in [6.07, 6.45) is -1.70. The standard InChI is InChI=1S/C9H11ClN2O5/c10-6-4(3-13)17-8(7(6)15)12-2-1-5(14)11-9(12)16/h1-2,4,6-8,13,15H,3H2,(H,11,14,16). The Balaban J connectivity index is 2.35. The lowest BCUT2D eigenvalue weighted by Gasteiger charge is -2.16. The summed E-state index contributed by atoms with van der Waals surface area (Å²) in [7, 11) is 0. The molecule has 0 aliphatic carbocycles. The van der Waals surface area contributed by atoms with Crippen LogP contribution < -0.4 is 11.2 Å². The van der Waals surface area contributed by atoms with E-state index in [2.05, 4.69) is 0 Å². The summed E-state index contributed by atoms with van der Waals surface area (Å²) < 4.78 is 6.28. The fourth-order valence-corrected chi connectivity index (χ4v) is 1.98. The Kier molecular flexibility index (Phi) is 3.34. The summed E-state index contributed by atoms with van der Waals surface area (Å²) in [5.74, 6) is 0. The van der Waals surface area contributed by atoms with E-state index in [0.717, 1.165) is 10.6 Å². The highest BCUT2D eigenvalue weighted by atomic mass is 35.5. The zero-order chi connectivity index (χ0) is 12.6. The lowest BCUT2D eigenvalue weighted by molar-refractivity contribution is -0.0530. The van der Waals surface area contributed by atoms with Crippen molar-refractivity contribution in [3.8, 4) is 0 Å². The number of aromatic nitrogens is 2. The third-order valence-corrected chi connectivity index (χ3v) is 3.13. The molecule has 1 saturated heterocycles. The second-order valence-corrected chi connectivity index (χ2v) is 4.20. The fourth-order valence-electron chi connectivity index (χ4n) is 1.71. The minimum absolute atomic E-state index is 0.361. The van der Waals surface area contributed by atoms with Crippen LogP contribution in [-0.2, 0) is 4.74 Å². The zero-order valence-electron chi connectivity index (χ0n) is 8.62. The number of alkyl halides is 1. The molecule has 2 heterocycles. The molecule has 4 atom stereocenters. The van der Waals surface area contributed by atoms with Crippen LogP contribution in [0.2, 0.25) is 0 Å². The smallest absolute Gasteiger partial charge is 0.330 e. The van der Waals surface area contributed by atoms with Gasteiger partial charge >= 0.3 is 5.69 Å². The summed E-state index contributed by atoms with van der Waals surface area (Å²) in [6, 6.07) is 1.13. The molecule has 17 heavy (non-hydrogen) atoms. The fraction of sp³-hybridized carbons (Fsp3) is 0.556. The summed E-state index contributed by atoms with van der Waals surface area (Å²) in [5.41, 5.74) is -1.25. The van der Waals surface area contributed by atoms with Crippen molar-refractivity contribution in [2.75, 3.05) is 6.61 Å². The van der Waals surface area contributed by atoms with Crippen molar-refractivity contribution in [1.82, 2.24) is 9.55 Å². The largest absolute Gasteiger partial charge is 0.394 e. The summed E-state index contributed by atoms with van der Waals surface area (Å²) in [4.78, 5) is 24.4. The quantitative estimate of drug-likeness (QED) is 0.557. The molecule has 0 radical (unpaired) electrons. The maximum Gasteiger partial charge on any atom is 0.330 e. The van der Waals surface area contributed by atoms with Crippen molar-refractivity contribution in [2.45, 2.75) is 23.8 Å². The molecule has 1 aromatic rings. The van der Waals surface area contributed by atoms with Crippen LogP contribution in [0.1, 0.15) is 6.23 Å². The van der Waals surface area contributed by atoms with Crippen LogP contribution >= 0.6 is 11.6 Å². The Labute approximate surface area is 100 Å². The van der Waals surface area contributed by atoms with Gasteiger partial charge in [-0.15, -0.1) is 11.6 Å². The molecule has 1 fully saturated rings. The lowest BCUT2D eigenvalue weighted by Crippen LogP contribution is -2.36. The lowest BCUT2D eigenvalue weighted by atomic mass is 10.2. The Morgan fingerprint density at radius 2 is 2.24 bits per heavy atom. The number of hydrogen-bond acceptors (Lipinski definition) is 5. The molecule has 2 rings (SSSR count). The molecule has 3 N–H and O–H groups in total. The van der Waals surface area contributed by atoms with Crippen molar-refractivity contribution in [3.05, 3.63) is 33.1 Å². The highest BCUT2D eigenvalue weighted by molar-refractivity contribution is 6.21. The molecule has 0 spiro atoms. The molecule has 1 aliphatic rings. The highest BCUT2D eigenvalue weighted by Gasteiger charge is 2.43. The summed E-state index contributed by atoms with van der Waals surface area (Å²) in [6.45, 7) is -0.361. The first-order chi connectivity index (χ1) is 8.04. The van der Waals surface area contributed by atoms with Crippen molar-refractivity contribution in [2.24, 2.45) is 0 Å². The van der Waals surface area contributed by atoms with Gasteiger partial charge in [-0.3, -0.25) is 14.3 Å². The SMILES string of the molecule is O=c1ccn(C2OC(CO)C(Cl)C2O)c(=O)[nH]1. The van der Waals surface area contributed by atoms with Crippen molar-refractivity contribution in [1.29, 1.82) is 0 Å². The van der Waals surface area contributed by atoms with Gasteiger partial charge in [-0.1, -0.05) is 0 Å². The Morgan fingerprint density at radius 1 is 1.53 bits per heavy atom. The molecular weight excluding hydrogens is 252 g/mol. The van der Waals surface area contributed by atoms with Crippen LogP contribution in [0.25, 0.3) is 0 Å². The Hall–Kier alpha value is -1.15. The molecule has 0 saturated carbocycles. The average Bonchev–Trinajstić information content (AvgIpc) is 2.57. The summed E-state index contributed by atoms with van der Waals surface area (Å²) in [5, 5.41) is 17.9. The van der Waals surface area contributed by atoms with Gasteiger partial charge in [-0.05, 0) is 0 Å². The van der Waals surface area contributed by atoms with E-state index in [1.54, 1.807) is 0 Å². The van der Waals surface area contributed by atoms with Crippen molar-refractivity contribution in [3.63, 3.8) is 0 Å². The van der Waals surface area contributed by atoms with E-state index in [0.29, 0.717) is 0 Å². The Bertz CT molecular complexity index is 513. The molecule has 1 aromatic heterocycles. The van der Waals surface area contributed by atoms with E-state index in [1.165, 1.54) is 6.20 Å². The van der Waals surface area contributed by atoms with E-state index in [1.807, 2.05) is 4.98 Å². The van der Waals surface area contributed by atoms with Gasteiger partial charge in [0.1, 0.15) is 12.2 Å². The molecule has 0 bridgehead atoms. The molecule has 4 unspecified atom stereocenters. The van der Waals surface area contributed by atoms with Gasteiger partial charge in [0.15, 0.2) is 6.23 Å². The van der Waals surface area contributed by atoms with Crippen molar-refractivity contribution >= 4 is 11.6 Å². The third kappa shape index (κ3) is 2.14. The topological polar surface area (TPSA) is 105 Å². The minimum atomic E-state index is -1.14. The number of aliphatic hydroxyl groups is 2. The van der Waals surface area contributed by atoms with Gasteiger partial charge in [0.05, 0.1) is 12.0 Å². The summed E-state index contributed by atoms with van der Waals surface area (Å²) >= 11 is 5.83. The minimum Gasteiger partial charge on any atom is -0.394 e.